The molecule has 3 aromatic rings. The Hall–Kier alpha value is -2.35. The Labute approximate surface area is 168 Å². The van der Waals surface area contributed by atoms with Crippen molar-refractivity contribution in [1.82, 2.24) is 4.57 Å². The molecular formula is C23H22BrNO2. The first-order valence-electron chi connectivity index (χ1n) is 8.94. The zero-order chi connectivity index (χ0) is 19.6. The Bertz CT molecular complexity index is 1040. The number of Topliss-reactive ketones (excluding diaryl/α,β-unsaturated/α-hetero) is 1. The maximum atomic E-state index is 12.8. The lowest BCUT2D eigenvalue weighted by Crippen LogP contribution is -2.16. The molecule has 0 spiro atoms. The van der Waals surface area contributed by atoms with Crippen LogP contribution >= 0.6 is 15.9 Å². The van der Waals surface area contributed by atoms with Crippen molar-refractivity contribution in [3.05, 3.63) is 69.8 Å². The van der Waals surface area contributed by atoms with Gasteiger partial charge in [-0.25, -0.2) is 0 Å². The van der Waals surface area contributed by atoms with Crippen LogP contribution < -0.4 is 0 Å². The number of hydrogen-bond acceptors (Lipinski definition) is 2. The second kappa shape index (κ2) is 8.12. The van der Waals surface area contributed by atoms with Crippen LogP contribution in [0.15, 0.2) is 53.0 Å². The number of carbonyl (C=O) groups is 1. The molecule has 0 saturated heterocycles. The van der Waals surface area contributed by atoms with Gasteiger partial charge >= 0.3 is 0 Å². The summed E-state index contributed by atoms with van der Waals surface area (Å²) in [7, 11) is 1.93. The van der Waals surface area contributed by atoms with Gasteiger partial charge in [0.25, 0.3) is 0 Å². The molecular weight excluding hydrogens is 402 g/mol. The molecule has 1 atom stereocenters. The number of rotatable bonds is 4. The maximum absolute atomic E-state index is 12.8. The van der Waals surface area contributed by atoms with Crippen LogP contribution in [0.1, 0.15) is 35.5 Å². The quantitative estimate of drug-likeness (QED) is 0.486. The number of ketones is 1. The van der Waals surface area contributed by atoms with Gasteiger partial charge in [-0.2, -0.15) is 0 Å². The van der Waals surface area contributed by atoms with Crippen LogP contribution in [0.25, 0.3) is 10.9 Å². The minimum Gasteiger partial charge on any atom is -0.380 e. The molecule has 3 nitrogen and oxygen atoms in total. The number of aryl methyl sites for hydroxylation is 1. The summed E-state index contributed by atoms with van der Waals surface area (Å²) < 4.78 is 2.98. The number of para-hydroxylation sites is 1. The van der Waals surface area contributed by atoms with Gasteiger partial charge in [0, 0.05) is 51.6 Å². The van der Waals surface area contributed by atoms with Gasteiger partial charge in [-0.3, -0.25) is 4.79 Å². The van der Waals surface area contributed by atoms with Gasteiger partial charge in [0.05, 0.1) is 0 Å². The minimum absolute atomic E-state index is 0.0925. The van der Waals surface area contributed by atoms with E-state index in [2.05, 4.69) is 27.8 Å². The van der Waals surface area contributed by atoms with Gasteiger partial charge in [-0.05, 0) is 30.3 Å². The van der Waals surface area contributed by atoms with Gasteiger partial charge < -0.3 is 9.67 Å². The van der Waals surface area contributed by atoms with E-state index in [9.17, 15) is 9.90 Å². The zero-order valence-electron chi connectivity index (χ0n) is 15.7. The van der Waals surface area contributed by atoms with Crippen molar-refractivity contribution in [1.29, 1.82) is 0 Å². The lowest BCUT2D eigenvalue weighted by molar-refractivity contribution is 0.0939. The van der Waals surface area contributed by atoms with E-state index in [0.29, 0.717) is 12.0 Å². The zero-order valence-corrected chi connectivity index (χ0v) is 17.2. The summed E-state index contributed by atoms with van der Waals surface area (Å²) in [4.78, 5) is 12.8. The van der Waals surface area contributed by atoms with Gasteiger partial charge in [0.2, 0.25) is 0 Å². The van der Waals surface area contributed by atoms with Crippen molar-refractivity contribution in [2.24, 2.45) is 13.0 Å². The average Bonchev–Trinajstić information content (AvgIpc) is 2.93. The van der Waals surface area contributed by atoms with Crippen molar-refractivity contribution in [3.63, 3.8) is 0 Å². The summed E-state index contributed by atoms with van der Waals surface area (Å²) in [6.07, 6.45) is -0.543. The summed E-state index contributed by atoms with van der Waals surface area (Å²) in [5.74, 6) is 5.88. The molecule has 1 heterocycles. The number of aromatic nitrogens is 1. The van der Waals surface area contributed by atoms with E-state index in [4.69, 9.17) is 0 Å². The number of aliphatic hydroxyl groups is 1. The predicted molar refractivity (Wildman–Crippen MR) is 113 cm³/mol. The van der Waals surface area contributed by atoms with E-state index in [1.54, 1.807) is 0 Å². The molecule has 1 N–H and O–H groups in total. The van der Waals surface area contributed by atoms with E-state index >= 15 is 0 Å². The van der Waals surface area contributed by atoms with Crippen LogP contribution in [0.4, 0.5) is 0 Å². The third kappa shape index (κ3) is 4.16. The highest BCUT2D eigenvalue weighted by Gasteiger charge is 2.23. The predicted octanol–water partition coefficient (Wildman–Crippen LogP) is 4.73. The smallest absolute Gasteiger partial charge is 0.167 e. The molecule has 0 aliphatic rings. The highest BCUT2D eigenvalue weighted by Crippen LogP contribution is 2.28. The Balaban J connectivity index is 1.96. The molecule has 2 aromatic carbocycles. The standard InChI is InChI=1S/C23H22BrNO2/c1-15(2)23(27)22-19-6-4-5-7-20(19)25(3)21(22)14-18(26)13-10-16-8-11-17(24)12-9-16/h4-9,11-12,15,18,26H,14H2,1-3H3. The summed E-state index contributed by atoms with van der Waals surface area (Å²) in [5, 5.41) is 11.4. The summed E-state index contributed by atoms with van der Waals surface area (Å²) in [6, 6.07) is 15.5. The van der Waals surface area contributed by atoms with Crippen LogP contribution in [-0.2, 0) is 13.5 Å². The van der Waals surface area contributed by atoms with E-state index in [0.717, 1.165) is 26.6 Å². The number of hydrogen-bond donors (Lipinski definition) is 1. The molecule has 1 unspecified atom stereocenters. The molecule has 0 bridgehead atoms. The molecule has 4 heteroatoms. The number of aliphatic hydroxyl groups excluding tert-OH is 1. The maximum Gasteiger partial charge on any atom is 0.167 e. The fourth-order valence-electron chi connectivity index (χ4n) is 3.18. The highest BCUT2D eigenvalue weighted by molar-refractivity contribution is 9.10. The third-order valence-electron chi connectivity index (χ3n) is 4.61. The molecule has 0 radical (unpaired) electrons. The van der Waals surface area contributed by atoms with E-state index in [-0.39, 0.29) is 11.7 Å². The molecule has 0 fully saturated rings. The molecule has 138 valence electrons. The van der Waals surface area contributed by atoms with Gasteiger partial charge in [0.15, 0.2) is 5.78 Å². The summed E-state index contributed by atoms with van der Waals surface area (Å²) >= 11 is 3.40. The van der Waals surface area contributed by atoms with Crippen molar-refractivity contribution >= 4 is 32.6 Å². The van der Waals surface area contributed by atoms with Gasteiger partial charge in [-0.1, -0.05) is 59.8 Å². The second-order valence-electron chi connectivity index (χ2n) is 6.91. The molecule has 0 aliphatic carbocycles. The summed E-state index contributed by atoms with van der Waals surface area (Å²) in [5.41, 5.74) is 3.36. The van der Waals surface area contributed by atoms with Gasteiger partial charge in [0.1, 0.15) is 6.10 Å². The second-order valence-corrected chi connectivity index (χ2v) is 7.83. The largest absolute Gasteiger partial charge is 0.380 e. The lowest BCUT2D eigenvalue weighted by Gasteiger charge is -2.10. The Morgan fingerprint density at radius 3 is 2.48 bits per heavy atom. The van der Waals surface area contributed by atoms with E-state index in [1.807, 2.05) is 74.0 Å². The molecule has 0 saturated carbocycles. The topological polar surface area (TPSA) is 42.2 Å². The Kier molecular flexibility index (Phi) is 5.84. The monoisotopic (exact) mass is 423 g/mol. The van der Waals surface area contributed by atoms with Crippen LogP contribution in [0.5, 0.6) is 0 Å². The number of benzene rings is 2. The number of fused-ring (bicyclic) bond motifs is 1. The molecule has 1 aromatic heterocycles. The summed E-state index contributed by atoms with van der Waals surface area (Å²) in [6.45, 7) is 3.80. The lowest BCUT2D eigenvalue weighted by atomic mass is 9.96. The van der Waals surface area contributed by atoms with Crippen molar-refractivity contribution in [2.75, 3.05) is 0 Å². The van der Waals surface area contributed by atoms with E-state index < -0.39 is 6.10 Å². The first-order chi connectivity index (χ1) is 12.9. The Morgan fingerprint density at radius 2 is 1.81 bits per heavy atom. The SMILES string of the molecule is CC(C)C(=O)c1c(CC(O)C#Cc2ccc(Br)cc2)n(C)c2ccccc12. The molecule has 27 heavy (non-hydrogen) atoms. The number of nitrogens with zero attached hydrogens (tertiary/aromatic N) is 1. The first kappa shape index (κ1) is 19.4. The van der Waals surface area contributed by atoms with Gasteiger partial charge in [-0.15, -0.1) is 0 Å². The molecule has 3 rings (SSSR count). The average molecular weight is 424 g/mol. The minimum atomic E-state index is -0.852. The number of halogens is 1. The van der Waals surface area contributed by atoms with Crippen molar-refractivity contribution in [3.8, 4) is 11.8 Å². The fraction of sp³-hybridized carbons (Fsp3) is 0.261. The van der Waals surface area contributed by atoms with Crippen LogP contribution in [-0.4, -0.2) is 21.6 Å². The first-order valence-corrected chi connectivity index (χ1v) is 9.73. The van der Waals surface area contributed by atoms with Crippen LogP contribution in [0.2, 0.25) is 0 Å². The molecule has 0 aliphatic heterocycles. The van der Waals surface area contributed by atoms with Crippen molar-refractivity contribution in [2.45, 2.75) is 26.4 Å². The molecule has 0 amide bonds. The van der Waals surface area contributed by atoms with E-state index in [1.165, 1.54) is 0 Å². The van der Waals surface area contributed by atoms with Crippen LogP contribution in [0.3, 0.4) is 0 Å². The Morgan fingerprint density at radius 1 is 1.15 bits per heavy atom. The fourth-order valence-corrected chi connectivity index (χ4v) is 3.45. The van der Waals surface area contributed by atoms with Crippen molar-refractivity contribution < 1.29 is 9.90 Å². The highest BCUT2D eigenvalue weighted by atomic mass is 79.9. The number of carbonyl (C=O) groups excluding carboxylic acids is 1. The third-order valence-corrected chi connectivity index (χ3v) is 5.14. The van der Waals surface area contributed by atoms with Crippen LogP contribution in [0, 0.1) is 17.8 Å². The normalized spacial score (nSPS) is 12.1.